The Balaban J connectivity index is 1.86. The van der Waals surface area contributed by atoms with E-state index < -0.39 is 0 Å². The molecule has 0 spiro atoms. The van der Waals surface area contributed by atoms with Crippen molar-refractivity contribution in [2.24, 2.45) is 5.73 Å². The molecule has 1 saturated carbocycles. The van der Waals surface area contributed by atoms with E-state index in [0.29, 0.717) is 0 Å². The first-order chi connectivity index (χ1) is 9.61. The van der Waals surface area contributed by atoms with Crippen LogP contribution in [0.25, 0.3) is 0 Å². The number of rotatable bonds is 6. The zero-order valence-corrected chi connectivity index (χ0v) is 15.0. The molecule has 1 fully saturated rings. The SMILES string of the molecule is CCn1nc(C)c(Br)c1CC(N)CSC1CCCCC1. The Bertz CT molecular complexity index is 427. The largest absolute Gasteiger partial charge is 0.327 e. The molecule has 1 heterocycles. The minimum atomic E-state index is 0.222. The van der Waals surface area contributed by atoms with Crippen LogP contribution in [-0.4, -0.2) is 26.8 Å². The van der Waals surface area contributed by atoms with Crippen LogP contribution < -0.4 is 5.73 Å². The fraction of sp³-hybridized carbons (Fsp3) is 0.800. The molecule has 0 saturated heterocycles. The van der Waals surface area contributed by atoms with Gasteiger partial charge in [-0.3, -0.25) is 4.68 Å². The molecule has 0 radical (unpaired) electrons. The second kappa shape index (κ2) is 7.85. The van der Waals surface area contributed by atoms with Crippen molar-refractivity contribution in [1.29, 1.82) is 0 Å². The summed E-state index contributed by atoms with van der Waals surface area (Å²) in [5.41, 5.74) is 8.66. The van der Waals surface area contributed by atoms with Crippen molar-refractivity contribution in [2.45, 2.75) is 70.2 Å². The summed E-state index contributed by atoms with van der Waals surface area (Å²) < 4.78 is 3.21. The Morgan fingerprint density at radius 3 is 2.75 bits per heavy atom. The molecule has 0 bridgehead atoms. The van der Waals surface area contributed by atoms with Gasteiger partial charge in [0.25, 0.3) is 0 Å². The topological polar surface area (TPSA) is 43.8 Å². The third-order valence-electron chi connectivity index (χ3n) is 4.01. The number of hydrogen-bond donors (Lipinski definition) is 1. The number of aromatic nitrogens is 2. The molecular weight excluding hydrogens is 334 g/mol. The van der Waals surface area contributed by atoms with Crippen molar-refractivity contribution < 1.29 is 0 Å². The first-order valence-electron chi connectivity index (χ1n) is 7.70. The molecule has 1 unspecified atom stereocenters. The van der Waals surface area contributed by atoms with Crippen molar-refractivity contribution in [1.82, 2.24) is 9.78 Å². The standard InChI is InChI=1S/C15H26BrN3S/c1-3-19-14(15(16)11(2)18-19)9-12(17)10-20-13-7-5-4-6-8-13/h12-13H,3-10,17H2,1-2H3. The molecule has 1 aromatic heterocycles. The fourth-order valence-corrected chi connectivity index (χ4v) is 4.61. The highest BCUT2D eigenvalue weighted by atomic mass is 79.9. The molecule has 2 N–H and O–H groups in total. The number of halogens is 1. The van der Waals surface area contributed by atoms with E-state index in [2.05, 4.69) is 44.4 Å². The zero-order valence-electron chi connectivity index (χ0n) is 12.6. The van der Waals surface area contributed by atoms with Gasteiger partial charge in [-0.15, -0.1) is 0 Å². The van der Waals surface area contributed by atoms with Crippen LogP contribution in [0.5, 0.6) is 0 Å². The van der Waals surface area contributed by atoms with Crippen molar-refractivity contribution in [3.8, 4) is 0 Å². The highest BCUT2D eigenvalue weighted by molar-refractivity contribution is 9.10. The monoisotopic (exact) mass is 359 g/mol. The molecule has 0 aromatic carbocycles. The predicted molar refractivity (Wildman–Crippen MR) is 91.3 cm³/mol. The van der Waals surface area contributed by atoms with Crippen LogP contribution in [0.3, 0.4) is 0 Å². The predicted octanol–water partition coefficient (Wildman–Crippen LogP) is 3.91. The van der Waals surface area contributed by atoms with E-state index in [4.69, 9.17) is 5.73 Å². The Hall–Kier alpha value is -0.0000000000000000555. The number of aryl methyl sites for hydroxylation is 2. The molecule has 20 heavy (non-hydrogen) atoms. The minimum Gasteiger partial charge on any atom is -0.327 e. The Labute approximate surface area is 135 Å². The number of thioether (sulfide) groups is 1. The normalized spacial score (nSPS) is 18.4. The third-order valence-corrected chi connectivity index (χ3v) is 6.60. The van der Waals surface area contributed by atoms with E-state index in [0.717, 1.165) is 34.1 Å². The van der Waals surface area contributed by atoms with E-state index in [-0.39, 0.29) is 6.04 Å². The fourth-order valence-electron chi connectivity index (χ4n) is 2.86. The van der Waals surface area contributed by atoms with Gasteiger partial charge in [-0.05, 0) is 42.6 Å². The molecule has 1 aromatic rings. The maximum Gasteiger partial charge on any atom is 0.0738 e. The average molecular weight is 360 g/mol. The Morgan fingerprint density at radius 1 is 1.40 bits per heavy atom. The lowest BCUT2D eigenvalue weighted by Crippen LogP contribution is -2.28. The van der Waals surface area contributed by atoms with Gasteiger partial charge in [-0.2, -0.15) is 16.9 Å². The van der Waals surface area contributed by atoms with Gasteiger partial charge in [0.15, 0.2) is 0 Å². The lowest BCUT2D eigenvalue weighted by molar-refractivity contribution is 0.515. The van der Waals surface area contributed by atoms with Crippen LogP contribution in [0.1, 0.15) is 50.4 Å². The summed E-state index contributed by atoms with van der Waals surface area (Å²) in [6, 6.07) is 0.222. The molecule has 1 aliphatic carbocycles. The quantitative estimate of drug-likeness (QED) is 0.837. The third kappa shape index (κ3) is 4.25. The molecule has 0 amide bonds. The zero-order chi connectivity index (χ0) is 14.5. The molecule has 5 heteroatoms. The van der Waals surface area contributed by atoms with Crippen LogP contribution in [-0.2, 0) is 13.0 Å². The highest BCUT2D eigenvalue weighted by Gasteiger charge is 2.18. The van der Waals surface area contributed by atoms with Crippen LogP contribution in [0, 0.1) is 6.92 Å². The second-order valence-corrected chi connectivity index (χ2v) is 7.85. The summed E-state index contributed by atoms with van der Waals surface area (Å²) in [4.78, 5) is 0. The van der Waals surface area contributed by atoms with Crippen LogP contribution in [0.4, 0.5) is 0 Å². The van der Waals surface area contributed by atoms with Gasteiger partial charge in [0.2, 0.25) is 0 Å². The number of nitrogens with zero attached hydrogens (tertiary/aromatic N) is 2. The lowest BCUT2D eigenvalue weighted by Gasteiger charge is -2.22. The first kappa shape index (κ1) is 16.4. The minimum absolute atomic E-state index is 0.222. The second-order valence-electron chi connectivity index (χ2n) is 5.72. The maximum atomic E-state index is 6.34. The van der Waals surface area contributed by atoms with Crippen LogP contribution >= 0.6 is 27.7 Å². The summed E-state index contributed by atoms with van der Waals surface area (Å²) in [5, 5.41) is 5.38. The lowest BCUT2D eigenvalue weighted by atomic mass is 10.0. The van der Waals surface area contributed by atoms with Crippen LogP contribution in [0.15, 0.2) is 4.47 Å². The summed E-state index contributed by atoms with van der Waals surface area (Å²) in [7, 11) is 0. The summed E-state index contributed by atoms with van der Waals surface area (Å²) >= 11 is 5.73. The van der Waals surface area contributed by atoms with E-state index in [1.54, 1.807) is 0 Å². The smallest absolute Gasteiger partial charge is 0.0738 e. The average Bonchev–Trinajstić information content (AvgIpc) is 2.74. The van der Waals surface area contributed by atoms with Crippen molar-refractivity contribution in [3.63, 3.8) is 0 Å². The molecule has 0 aliphatic heterocycles. The summed E-state index contributed by atoms with van der Waals surface area (Å²) in [6.07, 6.45) is 7.90. The molecule has 2 rings (SSSR count). The van der Waals surface area contributed by atoms with Gasteiger partial charge >= 0.3 is 0 Å². The van der Waals surface area contributed by atoms with E-state index in [9.17, 15) is 0 Å². The van der Waals surface area contributed by atoms with Gasteiger partial charge in [0.1, 0.15) is 0 Å². The van der Waals surface area contributed by atoms with Gasteiger partial charge in [0.05, 0.1) is 15.9 Å². The van der Waals surface area contributed by atoms with Gasteiger partial charge in [-0.25, -0.2) is 0 Å². The van der Waals surface area contributed by atoms with Crippen molar-refractivity contribution in [2.75, 3.05) is 5.75 Å². The molecule has 1 atom stereocenters. The number of hydrogen-bond acceptors (Lipinski definition) is 3. The van der Waals surface area contributed by atoms with Crippen molar-refractivity contribution in [3.05, 3.63) is 15.9 Å². The number of nitrogens with two attached hydrogens (primary N) is 1. The van der Waals surface area contributed by atoms with E-state index >= 15 is 0 Å². The molecular formula is C15H26BrN3S. The van der Waals surface area contributed by atoms with Gasteiger partial charge in [0, 0.05) is 30.0 Å². The van der Waals surface area contributed by atoms with E-state index in [1.807, 2.05) is 6.92 Å². The Kier molecular flexibility index (Phi) is 6.43. The van der Waals surface area contributed by atoms with Gasteiger partial charge < -0.3 is 5.73 Å². The summed E-state index contributed by atoms with van der Waals surface area (Å²) in [6.45, 7) is 5.08. The molecule has 3 nitrogen and oxygen atoms in total. The highest BCUT2D eigenvalue weighted by Crippen LogP contribution is 2.29. The maximum absolute atomic E-state index is 6.34. The Morgan fingerprint density at radius 2 is 2.10 bits per heavy atom. The van der Waals surface area contributed by atoms with E-state index in [1.165, 1.54) is 37.8 Å². The summed E-state index contributed by atoms with van der Waals surface area (Å²) in [5.74, 6) is 1.06. The van der Waals surface area contributed by atoms with Crippen LogP contribution in [0.2, 0.25) is 0 Å². The van der Waals surface area contributed by atoms with Crippen molar-refractivity contribution >= 4 is 27.7 Å². The van der Waals surface area contributed by atoms with Gasteiger partial charge in [-0.1, -0.05) is 19.3 Å². The first-order valence-corrected chi connectivity index (χ1v) is 9.55. The molecule has 114 valence electrons. The molecule has 1 aliphatic rings.